The average Bonchev–Trinajstić information content (AvgIpc) is 3.11. The fraction of sp³-hybridized carbons (Fsp3) is 0.350. The van der Waals surface area contributed by atoms with Crippen molar-refractivity contribution in [2.75, 3.05) is 13.2 Å². The van der Waals surface area contributed by atoms with Gasteiger partial charge in [-0.1, -0.05) is 24.3 Å². The van der Waals surface area contributed by atoms with Gasteiger partial charge in [0, 0.05) is 4.88 Å². The monoisotopic (exact) mass is 386 g/mol. The van der Waals surface area contributed by atoms with Crippen LogP contribution < -0.4 is 10.6 Å². The minimum Gasteiger partial charge on any atom is -0.454 e. The first-order valence-electron chi connectivity index (χ1n) is 8.90. The summed E-state index contributed by atoms with van der Waals surface area (Å²) in [7, 11) is 0. The highest BCUT2D eigenvalue weighted by Gasteiger charge is 2.21. The van der Waals surface area contributed by atoms with Gasteiger partial charge in [-0.3, -0.25) is 14.4 Å². The standard InChI is InChI=1S/C20H22N2O4S/c1-13-9-10-17(27-13)20(25)21-11-19(24)26-12-18(23)22-16-8-4-6-14-5-2-3-7-15(14)16/h2-3,5,7,9-10,16H,4,6,8,11-12H2,1H3,(H,21,25)(H,22,23)/t16-/m0/s1. The molecule has 2 aromatic rings. The van der Waals surface area contributed by atoms with Gasteiger partial charge < -0.3 is 15.4 Å². The Morgan fingerprint density at radius 3 is 2.78 bits per heavy atom. The highest BCUT2D eigenvalue weighted by molar-refractivity contribution is 7.13. The summed E-state index contributed by atoms with van der Waals surface area (Å²) in [6, 6.07) is 11.5. The fourth-order valence-corrected chi connectivity index (χ4v) is 3.92. The van der Waals surface area contributed by atoms with Gasteiger partial charge >= 0.3 is 5.97 Å². The number of nitrogens with one attached hydrogen (secondary N) is 2. The number of carbonyl (C=O) groups excluding carboxylic acids is 3. The van der Waals surface area contributed by atoms with E-state index in [4.69, 9.17) is 4.74 Å². The van der Waals surface area contributed by atoms with Crippen molar-refractivity contribution in [2.24, 2.45) is 0 Å². The number of fused-ring (bicyclic) bond motifs is 1. The summed E-state index contributed by atoms with van der Waals surface area (Å²) in [5, 5.41) is 5.42. The van der Waals surface area contributed by atoms with E-state index in [1.807, 2.05) is 31.2 Å². The molecule has 3 rings (SSSR count). The van der Waals surface area contributed by atoms with Crippen LogP contribution in [0.4, 0.5) is 0 Å². The van der Waals surface area contributed by atoms with Gasteiger partial charge in [0.05, 0.1) is 10.9 Å². The SMILES string of the molecule is Cc1ccc(C(=O)NCC(=O)OCC(=O)N[C@H]2CCCc3ccccc32)s1. The molecule has 1 aliphatic carbocycles. The van der Waals surface area contributed by atoms with Gasteiger partial charge in [-0.2, -0.15) is 0 Å². The molecule has 2 N–H and O–H groups in total. The van der Waals surface area contributed by atoms with Gasteiger partial charge in [-0.15, -0.1) is 11.3 Å². The summed E-state index contributed by atoms with van der Waals surface area (Å²) in [4.78, 5) is 37.3. The molecule has 1 aliphatic rings. The van der Waals surface area contributed by atoms with Crippen LogP contribution in [0.5, 0.6) is 0 Å². The summed E-state index contributed by atoms with van der Waals surface area (Å²) in [5.41, 5.74) is 2.37. The molecule has 1 aromatic heterocycles. The Hall–Kier alpha value is -2.67. The van der Waals surface area contributed by atoms with E-state index in [1.165, 1.54) is 16.9 Å². The molecule has 7 heteroatoms. The lowest BCUT2D eigenvalue weighted by atomic mass is 9.88. The lowest BCUT2D eigenvalue weighted by molar-refractivity contribution is -0.147. The zero-order valence-electron chi connectivity index (χ0n) is 15.1. The molecule has 0 saturated carbocycles. The minimum atomic E-state index is -0.643. The number of rotatable bonds is 6. The maximum absolute atomic E-state index is 12.1. The van der Waals surface area contributed by atoms with Crippen molar-refractivity contribution in [1.82, 2.24) is 10.6 Å². The average molecular weight is 386 g/mol. The first-order valence-corrected chi connectivity index (χ1v) is 9.72. The highest BCUT2D eigenvalue weighted by Crippen LogP contribution is 2.29. The predicted octanol–water partition coefficient (Wildman–Crippen LogP) is 2.52. The third-order valence-electron chi connectivity index (χ3n) is 4.43. The van der Waals surface area contributed by atoms with Gasteiger partial charge in [-0.25, -0.2) is 0 Å². The van der Waals surface area contributed by atoms with Crippen LogP contribution in [0.2, 0.25) is 0 Å². The van der Waals surface area contributed by atoms with Crippen molar-refractivity contribution >= 4 is 29.1 Å². The Balaban J connectivity index is 1.41. The molecule has 27 heavy (non-hydrogen) atoms. The van der Waals surface area contributed by atoms with Crippen LogP contribution in [-0.2, 0) is 20.7 Å². The summed E-state index contributed by atoms with van der Waals surface area (Å²) in [5.74, 6) is -1.31. The van der Waals surface area contributed by atoms with Gasteiger partial charge in [0.2, 0.25) is 0 Å². The second-order valence-electron chi connectivity index (χ2n) is 6.46. The van der Waals surface area contributed by atoms with Crippen LogP contribution in [0.25, 0.3) is 0 Å². The Bertz CT molecular complexity index is 846. The molecule has 0 aliphatic heterocycles. The second-order valence-corrected chi connectivity index (χ2v) is 7.75. The van der Waals surface area contributed by atoms with Crippen molar-refractivity contribution in [3.63, 3.8) is 0 Å². The molecule has 1 heterocycles. The first kappa shape index (κ1) is 19.1. The molecule has 2 amide bonds. The zero-order valence-corrected chi connectivity index (χ0v) is 15.9. The number of hydrogen-bond donors (Lipinski definition) is 2. The van der Waals surface area contributed by atoms with E-state index < -0.39 is 5.97 Å². The molecule has 0 fully saturated rings. The number of esters is 1. The predicted molar refractivity (Wildman–Crippen MR) is 103 cm³/mol. The van der Waals surface area contributed by atoms with Crippen molar-refractivity contribution in [2.45, 2.75) is 32.2 Å². The molecule has 0 saturated heterocycles. The van der Waals surface area contributed by atoms with E-state index in [0.717, 1.165) is 29.7 Å². The van der Waals surface area contributed by atoms with Crippen molar-refractivity contribution in [3.05, 3.63) is 57.3 Å². The third kappa shape index (κ3) is 5.17. The van der Waals surface area contributed by atoms with Gasteiger partial charge in [0.25, 0.3) is 11.8 Å². The Morgan fingerprint density at radius 2 is 2.00 bits per heavy atom. The molecular formula is C20H22N2O4S. The van der Waals surface area contributed by atoms with Crippen LogP contribution in [0.15, 0.2) is 36.4 Å². The van der Waals surface area contributed by atoms with Crippen LogP contribution in [0.1, 0.15) is 44.6 Å². The topological polar surface area (TPSA) is 84.5 Å². The number of thiophene rings is 1. The Kier molecular flexibility index (Phi) is 6.24. The molecule has 6 nitrogen and oxygen atoms in total. The lowest BCUT2D eigenvalue weighted by Gasteiger charge is -2.26. The van der Waals surface area contributed by atoms with E-state index in [2.05, 4.69) is 16.7 Å². The van der Waals surface area contributed by atoms with Crippen LogP contribution in [-0.4, -0.2) is 30.9 Å². The normalized spacial score (nSPS) is 15.5. The number of benzene rings is 1. The number of hydrogen-bond acceptors (Lipinski definition) is 5. The van der Waals surface area contributed by atoms with Gasteiger partial charge in [-0.05, 0) is 49.4 Å². The quantitative estimate of drug-likeness (QED) is 0.747. The Morgan fingerprint density at radius 1 is 1.19 bits per heavy atom. The van der Waals surface area contributed by atoms with Crippen molar-refractivity contribution < 1.29 is 19.1 Å². The van der Waals surface area contributed by atoms with Crippen molar-refractivity contribution in [1.29, 1.82) is 0 Å². The summed E-state index contributed by atoms with van der Waals surface area (Å²) < 4.78 is 4.96. The molecular weight excluding hydrogens is 364 g/mol. The molecule has 1 aromatic carbocycles. The minimum absolute atomic E-state index is 0.0528. The highest BCUT2D eigenvalue weighted by atomic mass is 32.1. The van der Waals surface area contributed by atoms with E-state index >= 15 is 0 Å². The molecule has 0 spiro atoms. The zero-order chi connectivity index (χ0) is 19.2. The van der Waals surface area contributed by atoms with Crippen LogP contribution in [0.3, 0.4) is 0 Å². The number of aryl methyl sites for hydroxylation is 2. The maximum atomic E-state index is 12.1. The van der Waals surface area contributed by atoms with E-state index in [9.17, 15) is 14.4 Å². The van der Waals surface area contributed by atoms with Crippen molar-refractivity contribution in [3.8, 4) is 0 Å². The molecule has 0 unspecified atom stereocenters. The molecule has 142 valence electrons. The largest absolute Gasteiger partial charge is 0.454 e. The van der Waals surface area contributed by atoms with E-state index in [0.29, 0.717) is 4.88 Å². The molecule has 1 atom stereocenters. The summed E-state index contributed by atoms with van der Waals surface area (Å²) in [6.07, 6.45) is 2.89. The van der Waals surface area contributed by atoms with Crippen LogP contribution >= 0.6 is 11.3 Å². The number of amides is 2. The summed E-state index contributed by atoms with van der Waals surface area (Å²) >= 11 is 1.35. The fourth-order valence-electron chi connectivity index (χ4n) is 3.13. The number of ether oxygens (including phenoxy) is 1. The molecule has 0 radical (unpaired) electrons. The van der Waals surface area contributed by atoms with E-state index in [-0.39, 0.29) is 31.0 Å². The Labute approximate surface area is 161 Å². The lowest BCUT2D eigenvalue weighted by Crippen LogP contribution is -2.36. The smallest absolute Gasteiger partial charge is 0.325 e. The molecule has 0 bridgehead atoms. The third-order valence-corrected chi connectivity index (χ3v) is 5.43. The van der Waals surface area contributed by atoms with Gasteiger partial charge in [0.15, 0.2) is 6.61 Å². The first-order chi connectivity index (χ1) is 13.0. The maximum Gasteiger partial charge on any atom is 0.325 e. The second kappa shape index (κ2) is 8.81. The van der Waals surface area contributed by atoms with E-state index in [1.54, 1.807) is 6.07 Å². The number of carbonyl (C=O) groups is 3. The van der Waals surface area contributed by atoms with Gasteiger partial charge in [0.1, 0.15) is 6.54 Å². The van der Waals surface area contributed by atoms with Crippen LogP contribution in [0, 0.1) is 6.92 Å². The summed E-state index contributed by atoms with van der Waals surface area (Å²) in [6.45, 7) is 1.28.